The molecule has 0 radical (unpaired) electrons. The normalized spacial score (nSPS) is 24.2. The molecule has 2 rings (SSSR count). The summed E-state index contributed by atoms with van der Waals surface area (Å²) in [6, 6.07) is 6.52. The first kappa shape index (κ1) is 14.4. The van der Waals surface area contributed by atoms with Gasteiger partial charge in [0.1, 0.15) is 0 Å². The Hall–Kier alpha value is -1.03. The lowest BCUT2D eigenvalue weighted by Crippen LogP contribution is -2.31. The minimum atomic E-state index is -4.21. The smallest absolute Gasteiger partial charge is 0.294 e. The van der Waals surface area contributed by atoms with Crippen molar-refractivity contribution in [2.45, 2.75) is 31.9 Å². The van der Waals surface area contributed by atoms with E-state index in [1.54, 1.807) is 24.3 Å². The van der Waals surface area contributed by atoms with Gasteiger partial charge in [-0.15, -0.1) is 0 Å². The number of carbonyl (C=O) groups excluding carboxylic acids is 1. The summed E-state index contributed by atoms with van der Waals surface area (Å²) in [5.74, 6) is -2.20. The van der Waals surface area contributed by atoms with E-state index in [9.17, 15) is 18.0 Å². The average molecular weight is 291 g/mol. The van der Waals surface area contributed by atoms with E-state index < -0.39 is 18.0 Å². The van der Waals surface area contributed by atoms with Gasteiger partial charge in [0.15, 0.2) is 5.78 Å². The Morgan fingerprint density at radius 3 is 2.53 bits per heavy atom. The monoisotopic (exact) mass is 290 g/mol. The molecule has 1 aromatic carbocycles. The SMILES string of the molecule is O=C(c1ccccc1Cl)C1CCCC(C(F)(F)F)C1. The van der Waals surface area contributed by atoms with Crippen LogP contribution in [0.5, 0.6) is 0 Å². The number of hydrogen-bond acceptors (Lipinski definition) is 1. The number of hydrogen-bond donors (Lipinski definition) is 0. The van der Waals surface area contributed by atoms with Crippen LogP contribution in [0.15, 0.2) is 24.3 Å². The predicted molar refractivity (Wildman–Crippen MR) is 67.3 cm³/mol. The van der Waals surface area contributed by atoms with Crippen molar-refractivity contribution in [3.05, 3.63) is 34.9 Å². The average Bonchev–Trinajstić information content (AvgIpc) is 2.38. The Balaban J connectivity index is 2.14. The molecule has 0 N–H and O–H groups in total. The molecule has 1 nitrogen and oxygen atoms in total. The van der Waals surface area contributed by atoms with E-state index in [1.165, 1.54) is 0 Å². The standard InChI is InChI=1S/C14H14ClF3O/c15-12-7-2-1-6-11(12)13(19)9-4-3-5-10(8-9)14(16,17)18/h1-2,6-7,9-10H,3-5,8H2. The molecule has 104 valence electrons. The zero-order chi connectivity index (χ0) is 14.0. The molecular weight excluding hydrogens is 277 g/mol. The summed E-state index contributed by atoms with van der Waals surface area (Å²) in [5, 5.41) is 0.307. The van der Waals surface area contributed by atoms with Crippen molar-refractivity contribution >= 4 is 17.4 Å². The highest BCUT2D eigenvalue weighted by Crippen LogP contribution is 2.41. The van der Waals surface area contributed by atoms with Crippen LogP contribution in [0.1, 0.15) is 36.0 Å². The first-order valence-corrected chi connectivity index (χ1v) is 6.63. The first-order chi connectivity index (χ1) is 8.89. The van der Waals surface area contributed by atoms with Gasteiger partial charge in [-0.1, -0.05) is 30.2 Å². The maximum atomic E-state index is 12.7. The molecule has 5 heteroatoms. The zero-order valence-corrected chi connectivity index (χ0v) is 11.0. The number of ketones is 1. The van der Waals surface area contributed by atoms with Crippen LogP contribution in [0.3, 0.4) is 0 Å². The molecule has 0 spiro atoms. The Morgan fingerprint density at radius 2 is 1.89 bits per heavy atom. The number of Topliss-reactive ketones (excluding diaryl/α,β-unsaturated/α-hetero) is 1. The molecular formula is C14H14ClF3O. The lowest BCUT2D eigenvalue weighted by Gasteiger charge is -2.29. The summed E-state index contributed by atoms with van der Waals surface area (Å²) in [6.07, 6.45) is -3.26. The summed E-state index contributed by atoms with van der Waals surface area (Å²) < 4.78 is 38.2. The molecule has 0 amide bonds. The fourth-order valence-electron chi connectivity index (χ4n) is 2.61. The summed E-state index contributed by atoms with van der Waals surface area (Å²) >= 11 is 5.92. The topological polar surface area (TPSA) is 17.1 Å². The summed E-state index contributed by atoms with van der Waals surface area (Å²) in [5.41, 5.74) is 0.331. The Morgan fingerprint density at radius 1 is 1.21 bits per heavy atom. The number of rotatable bonds is 2. The van der Waals surface area contributed by atoms with Gasteiger partial charge in [0, 0.05) is 11.5 Å². The quantitative estimate of drug-likeness (QED) is 0.709. The minimum Gasteiger partial charge on any atom is -0.294 e. The van der Waals surface area contributed by atoms with Crippen LogP contribution >= 0.6 is 11.6 Å². The van der Waals surface area contributed by atoms with Crippen LogP contribution in [-0.2, 0) is 0 Å². The summed E-state index contributed by atoms with van der Waals surface area (Å²) in [7, 11) is 0. The third-order valence-electron chi connectivity index (χ3n) is 3.65. The third kappa shape index (κ3) is 3.30. The van der Waals surface area contributed by atoms with Crippen LogP contribution in [-0.4, -0.2) is 12.0 Å². The molecule has 1 fully saturated rings. The lowest BCUT2D eigenvalue weighted by molar-refractivity contribution is -0.184. The fourth-order valence-corrected chi connectivity index (χ4v) is 2.84. The Kier molecular flexibility index (Phi) is 4.19. The number of halogens is 4. The second-order valence-corrected chi connectivity index (χ2v) is 5.35. The zero-order valence-electron chi connectivity index (χ0n) is 10.2. The minimum absolute atomic E-state index is 0.118. The highest BCUT2D eigenvalue weighted by Gasteiger charge is 2.43. The van der Waals surface area contributed by atoms with Crippen molar-refractivity contribution < 1.29 is 18.0 Å². The molecule has 2 unspecified atom stereocenters. The maximum absolute atomic E-state index is 12.7. The van der Waals surface area contributed by atoms with Gasteiger partial charge in [-0.3, -0.25) is 4.79 Å². The molecule has 0 aliphatic heterocycles. The van der Waals surface area contributed by atoms with Crippen LogP contribution in [0.2, 0.25) is 5.02 Å². The summed E-state index contributed by atoms with van der Waals surface area (Å²) in [4.78, 5) is 12.2. The number of carbonyl (C=O) groups is 1. The Labute approximate surface area is 114 Å². The molecule has 1 aliphatic carbocycles. The highest BCUT2D eigenvalue weighted by molar-refractivity contribution is 6.34. The van der Waals surface area contributed by atoms with Crippen LogP contribution < -0.4 is 0 Å². The Bertz CT molecular complexity index is 470. The van der Waals surface area contributed by atoms with Crippen LogP contribution in [0.4, 0.5) is 13.2 Å². The van der Waals surface area contributed by atoms with Gasteiger partial charge >= 0.3 is 6.18 Å². The predicted octanol–water partition coefficient (Wildman–Crippen LogP) is 4.89. The highest BCUT2D eigenvalue weighted by atomic mass is 35.5. The molecule has 1 saturated carbocycles. The fraction of sp³-hybridized carbons (Fsp3) is 0.500. The lowest BCUT2D eigenvalue weighted by atomic mass is 9.77. The van der Waals surface area contributed by atoms with E-state index >= 15 is 0 Å². The first-order valence-electron chi connectivity index (χ1n) is 6.25. The van der Waals surface area contributed by atoms with Crippen molar-refractivity contribution in [3.63, 3.8) is 0 Å². The molecule has 0 aromatic heterocycles. The second-order valence-electron chi connectivity index (χ2n) is 4.95. The molecule has 19 heavy (non-hydrogen) atoms. The molecule has 0 saturated heterocycles. The van der Waals surface area contributed by atoms with Gasteiger partial charge < -0.3 is 0 Å². The van der Waals surface area contributed by atoms with Gasteiger partial charge in [0.25, 0.3) is 0 Å². The molecule has 2 atom stereocenters. The second kappa shape index (κ2) is 5.53. The number of benzene rings is 1. The number of alkyl halides is 3. The van der Waals surface area contributed by atoms with E-state index in [-0.39, 0.29) is 18.6 Å². The molecule has 0 heterocycles. The largest absolute Gasteiger partial charge is 0.391 e. The van der Waals surface area contributed by atoms with E-state index in [0.29, 0.717) is 23.4 Å². The van der Waals surface area contributed by atoms with E-state index in [1.807, 2.05) is 0 Å². The molecule has 1 aliphatic rings. The van der Waals surface area contributed by atoms with Crippen molar-refractivity contribution in [1.82, 2.24) is 0 Å². The summed E-state index contributed by atoms with van der Waals surface area (Å²) in [6.45, 7) is 0. The van der Waals surface area contributed by atoms with E-state index in [4.69, 9.17) is 11.6 Å². The van der Waals surface area contributed by atoms with E-state index in [2.05, 4.69) is 0 Å². The van der Waals surface area contributed by atoms with Crippen molar-refractivity contribution in [2.75, 3.05) is 0 Å². The maximum Gasteiger partial charge on any atom is 0.391 e. The molecule has 0 bridgehead atoms. The van der Waals surface area contributed by atoms with E-state index in [0.717, 1.165) is 0 Å². The van der Waals surface area contributed by atoms with Gasteiger partial charge in [-0.05, 0) is 31.4 Å². The molecule has 1 aromatic rings. The van der Waals surface area contributed by atoms with Crippen LogP contribution in [0, 0.1) is 11.8 Å². The van der Waals surface area contributed by atoms with Crippen molar-refractivity contribution in [3.8, 4) is 0 Å². The van der Waals surface area contributed by atoms with Gasteiger partial charge in [0.05, 0.1) is 10.9 Å². The third-order valence-corrected chi connectivity index (χ3v) is 3.98. The van der Waals surface area contributed by atoms with Gasteiger partial charge in [-0.2, -0.15) is 13.2 Å². The van der Waals surface area contributed by atoms with Crippen LogP contribution in [0.25, 0.3) is 0 Å². The van der Waals surface area contributed by atoms with Gasteiger partial charge in [0.2, 0.25) is 0 Å². The van der Waals surface area contributed by atoms with Gasteiger partial charge in [-0.25, -0.2) is 0 Å². The van der Waals surface area contributed by atoms with Crippen molar-refractivity contribution in [1.29, 1.82) is 0 Å². The van der Waals surface area contributed by atoms with Crippen molar-refractivity contribution in [2.24, 2.45) is 11.8 Å².